The second kappa shape index (κ2) is 6.99. The van der Waals surface area contributed by atoms with E-state index in [9.17, 15) is 4.79 Å². The van der Waals surface area contributed by atoms with Gasteiger partial charge in [0.1, 0.15) is 5.78 Å². The molecule has 2 bridgehead atoms. The van der Waals surface area contributed by atoms with Gasteiger partial charge in [0, 0.05) is 23.8 Å². The number of hydrogen-bond donors (Lipinski definition) is 0. The van der Waals surface area contributed by atoms with Crippen LogP contribution in [0.2, 0.25) is 0 Å². The largest absolute Gasteiger partial charge is 0.493 e. The van der Waals surface area contributed by atoms with Crippen LogP contribution in [0.15, 0.2) is 18.2 Å². The Kier molecular flexibility index (Phi) is 5.10. The third kappa shape index (κ3) is 2.75. The van der Waals surface area contributed by atoms with E-state index in [1.54, 1.807) is 14.2 Å². The number of benzene rings is 1. The molecule has 0 aliphatic heterocycles. The Morgan fingerprint density at radius 1 is 1.16 bits per heavy atom. The first kappa shape index (κ1) is 18.2. The molecule has 1 aromatic carbocycles. The molecule has 3 saturated carbocycles. The monoisotopic (exact) mass is 345 g/mol. The molecular formula is C21H31NO3. The Hall–Kier alpha value is -1.55. The summed E-state index contributed by atoms with van der Waals surface area (Å²) in [7, 11) is 7.61. The Balaban J connectivity index is 2.19. The van der Waals surface area contributed by atoms with Crippen LogP contribution in [0, 0.1) is 11.8 Å². The standard InChI is InChI=1S/C21H31NO3/c1-6-21(15-10-11-18(24-4)19(13-15)25-5)14-8-7-9-16(17(23)12-14)20(21)22(2)3/h10-11,13-14,16,20H,6-9,12H2,1-5H3. The summed E-state index contributed by atoms with van der Waals surface area (Å²) >= 11 is 0. The Labute approximate surface area is 151 Å². The Bertz CT molecular complexity index is 642. The van der Waals surface area contributed by atoms with Gasteiger partial charge in [0.05, 0.1) is 14.2 Å². The van der Waals surface area contributed by atoms with E-state index < -0.39 is 0 Å². The fourth-order valence-corrected chi connectivity index (χ4v) is 5.67. The minimum atomic E-state index is -0.0157. The van der Waals surface area contributed by atoms with Gasteiger partial charge in [-0.1, -0.05) is 19.4 Å². The van der Waals surface area contributed by atoms with Crippen LogP contribution in [-0.2, 0) is 10.2 Å². The van der Waals surface area contributed by atoms with E-state index in [1.165, 1.54) is 5.56 Å². The summed E-state index contributed by atoms with van der Waals surface area (Å²) in [6.45, 7) is 2.28. The van der Waals surface area contributed by atoms with Gasteiger partial charge in [0.25, 0.3) is 0 Å². The summed E-state index contributed by atoms with van der Waals surface area (Å²) in [4.78, 5) is 15.1. The second-order valence-electron chi connectivity index (χ2n) is 7.78. The highest BCUT2D eigenvalue weighted by atomic mass is 16.5. The number of carbonyl (C=O) groups is 1. The lowest BCUT2D eigenvalue weighted by atomic mass is 9.55. The van der Waals surface area contributed by atoms with Crippen molar-refractivity contribution in [2.45, 2.75) is 50.5 Å². The molecule has 4 heteroatoms. The molecule has 1 aromatic rings. The number of nitrogens with zero attached hydrogens (tertiary/aromatic N) is 1. The van der Waals surface area contributed by atoms with Gasteiger partial charge >= 0.3 is 0 Å². The number of Topliss-reactive ketones (excluding diaryl/α,β-unsaturated/α-hetero) is 1. The van der Waals surface area contributed by atoms with Crippen LogP contribution in [0.5, 0.6) is 11.5 Å². The van der Waals surface area contributed by atoms with Crippen LogP contribution in [0.25, 0.3) is 0 Å². The normalized spacial score (nSPS) is 31.9. The maximum Gasteiger partial charge on any atom is 0.161 e. The first-order valence-electron chi connectivity index (χ1n) is 9.41. The third-order valence-electron chi connectivity index (χ3n) is 6.63. The Morgan fingerprint density at radius 3 is 2.48 bits per heavy atom. The molecule has 0 spiro atoms. The Morgan fingerprint density at radius 2 is 1.88 bits per heavy atom. The summed E-state index contributed by atoms with van der Waals surface area (Å²) in [6.07, 6.45) is 5.05. The number of carbonyl (C=O) groups excluding carboxylic acids is 1. The summed E-state index contributed by atoms with van der Waals surface area (Å²) < 4.78 is 11.0. The molecule has 0 saturated heterocycles. The first-order chi connectivity index (χ1) is 12.0. The number of likely N-dealkylation sites (N-methyl/N-ethyl adjacent to an activating group) is 1. The average molecular weight is 345 g/mol. The van der Waals surface area contributed by atoms with E-state index in [2.05, 4.69) is 38.1 Å². The SMILES string of the molecule is CCC1(c2ccc(OC)c(OC)c2)C2CCCC(C(=O)C2)C1N(C)C. The second-order valence-corrected chi connectivity index (χ2v) is 7.78. The molecule has 3 aliphatic rings. The molecule has 0 amide bonds. The third-order valence-corrected chi connectivity index (χ3v) is 6.63. The minimum absolute atomic E-state index is 0.0157. The van der Waals surface area contributed by atoms with Crippen molar-refractivity contribution in [3.8, 4) is 11.5 Å². The van der Waals surface area contributed by atoms with Crippen LogP contribution in [0.4, 0.5) is 0 Å². The van der Waals surface area contributed by atoms with Crippen molar-refractivity contribution in [2.75, 3.05) is 28.3 Å². The smallest absolute Gasteiger partial charge is 0.161 e. The number of rotatable bonds is 5. The van der Waals surface area contributed by atoms with Gasteiger partial charge in [0.15, 0.2) is 11.5 Å². The van der Waals surface area contributed by atoms with E-state index in [4.69, 9.17) is 9.47 Å². The van der Waals surface area contributed by atoms with E-state index in [0.29, 0.717) is 11.7 Å². The van der Waals surface area contributed by atoms with Gasteiger partial charge < -0.3 is 14.4 Å². The predicted molar refractivity (Wildman–Crippen MR) is 99.4 cm³/mol. The van der Waals surface area contributed by atoms with Crippen LogP contribution in [0.1, 0.15) is 44.6 Å². The maximum atomic E-state index is 12.8. The zero-order valence-electron chi connectivity index (χ0n) is 16.2. The maximum absolute atomic E-state index is 12.8. The van der Waals surface area contributed by atoms with E-state index >= 15 is 0 Å². The number of hydrogen-bond acceptors (Lipinski definition) is 4. The van der Waals surface area contributed by atoms with Crippen molar-refractivity contribution < 1.29 is 14.3 Å². The molecule has 0 N–H and O–H groups in total. The quantitative estimate of drug-likeness (QED) is 0.816. The molecule has 4 nitrogen and oxygen atoms in total. The topological polar surface area (TPSA) is 38.8 Å². The minimum Gasteiger partial charge on any atom is -0.493 e. The molecule has 4 atom stereocenters. The lowest BCUT2D eigenvalue weighted by Gasteiger charge is -2.53. The molecule has 25 heavy (non-hydrogen) atoms. The zero-order chi connectivity index (χ0) is 18.2. The summed E-state index contributed by atoms with van der Waals surface area (Å²) in [5.41, 5.74) is 1.27. The van der Waals surface area contributed by atoms with E-state index in [-0.39, 0.29) is 17.4 Å². The molecule has 0 aromatic heterocycles. The van der Waals surface area contributed by atoms with Gasteiger partial charge in [-0.2, -0.15) is 0 Å². The van der Waals surface area contributed by atoms with Crippen LogP contribution < -0.4 is 9.47 Å². The van der Waals surface area contributed by atoms with Gasteiger partial charge in [0.2, 0.25) is 0 Å². The van der Waals surface area contributed by atoms with Crippen molar-refractivity contribution in [3.63, 3.8) is 0 Å². The van der Waals surface area contributed by atoms with E-state index in [1.807, 2.05) is 6.07 Å². The van der Waals surface area contributed by atoms with Gasteiger partial charge in [-0.25, -0.2) is 0 Å². The highest BCUT2D eigenvalue weighted by Gasteiger charge is 2.56. The molecule has 0 radical (unpaired) electrons. The van der Waals surface area contributed by atoms with Crippen LogP contribution >= 0.6 is 0 Å². The van der Waals surface area contributed by atoms with Gasteiger partial charge in [-0.3, -0.25) is 4.79 Å². The molecule has 0 heterocycles. The van der Waals surface area contributed by atoms with E-state index in [0.717, 1.165) is 43.6 Å². The highest BCUT2D eigenvalue weighted by Crippen LogP contribution is 2.54. The number of fused-ring (bicyclic) bond motifs is 4. The lowest BCUT2D eigenvalue weighted by molar-refractivity contribution is -0.132. The van der Waals surface area contributed by atoms with Crippen molar-refractivity contribution >= 4 is 5.78 Å². The first-order valence-corrected chi connectivity index (χ1v) is 9.41. The molecule has 138 valence electrons. The number of methoxy groups -OCH3 is 2. The van der Waals surface area contributed by atoms with Crippen molar-refractivity contribution in [1.29, 1.82) is 0 Å². The van der Waals surface area contributed by atoms with Gasteiger partial charge in [-0.05, 0) is 57.0 Å². The van der Waals surface area contributed by atoms with Crippen molar-refractivity contribution in [2.24, 2.45) is 11.8 Å². The molecule has 3 fully saturated rings. The predicted octanol–water partition coefficient (Wildman–Crippen LogP) is 3.67. The summed E-state index contributed by atoms with van der Waals surface area (Å²) in [6, 6.07) is 6.58. The fourth-order valence-electron chi connectivity index (χ4n) is 5.67. The van der Waals surface area contributed by atoms with Crippen molar-refractivity contribution in [3.05, 3.63) is 23.8 Å². The summed E-state index contributed by atoms with van der Waals surface area (Å²) in [5, 5.41) is 0. The molecule has 4 rings (SSSR count). The van der Waals surface area contributed by atoms with Crippen LogP contribution in [-0.4, -0.2) is 45.0 Å². The summed E-state index contributed by atoms with van der Waals surface area (Å²) in [5.74, 6) is 2.53. The lowest BCUT2D eigenvalue weighted by Crippen LogP contribution is -2.60. The van der Waals surface area contributed by atoms with Gasteiger partial charge in [-0.15, -0.1) is 0 Å². The zero-order valence-corrected chi connectivity index (χ0v) is 16.2. The number of ketones is 1. The fraction of sp³-hybridized carbons (Fsp3) is 0.667. The average Bonchev–Trinajstić information content (AvgIpc) is 2.90. The van der Waals surface area contributed by atoms with Crippen molar-refractivity contribution in [1.82, 2.24) is 4.90 Å². The molecule has 3 aliphatic carbocycles. The molecule has 4 unspecified atom stereocenters. The highest BCUT2D eigenvalue weighted by molar-refractivity contribution is 5.84. The number of ether oxygens (including phenoxy) is 2. The van der Waals surface area contributed by atoms with Crippen LogP contribution in [0.3, 0.4) is 0 Å². The molecular weight excluding hydrogens is 314 g/mol.